The quantitative estimate of drug-likeness (QED) is 0.760. The first-order valence-corrected chi connectivity index (χ1v) is 7.39. The van der Waals surface area contributed by atoms with Gasteiger partial charge in [-0.2, -0.15) is 0 Å². The third-order valence-corrected chi connectivity index (χ3v) is 4.24. The zero-order valence-corrected chi connectivity index (χ0v) is 13.3. The summed E-state index contributed by atoms with van der Waals surface area (Å²) in [6, 6.07) is 4.79. The van der Waals surface area contributed by atoms with Crippen LogP contribution in [0.15, 0.2) is 18.2 Å². The van der Waals surface area contributed by atoms with Gasteiger partial charge in [0.25, 0.3) is 0 Å². The Morgan fingerprint density at radius 3 is 2.60 bits per heavy atom. The van der Waals surface area contributed by atoms with Crippen molar-refractivity contribution >= 4 is 40.2 Å². The highest BCUT2D eigenvalue weighted by Crippen LogP contribution is 2.42. The highest BCUT2D eigenvalue weighted by Gasteiger charge is 2.44. The molecule has 0 atom stereocenters. The molecule has 2 rings (SSSR count). The van der Waals surface area contributed by atoms with Crippen LogP contribution in [-0.2, 0) is 9.53 Å². The first-order valence-electron chi connectivity index (χ1n) is 6.31. The van der Waals surface area contributed by atoms with Gasteiger partial charge in [0, 0.05) is 16.4 Å². The predicted molar refractivity (Wildman–Crippen MR) is 82.9 cm³/mol. The zero-order chi connectivity index (χ0) is 14.8. The van der Waals surface area contributed by atoms with Crippen LogP contribution >= 0.6 is 22.6 Å². The van der Waals surface area contributed by atoms with E-state index in [2.05, 4.69) is 5.32 Å². The molecule has 1 aromatic rings. The number of benzene rings is 1. The number of halogens is 1. The Kier molecular flexibility index (Phi) is 4.64. The van der Waals surface area contributed by atoms with Gasteiger partial charge in [0.1, 0.15) is 0 Å². The van der Waals surface area contributed by atoms with Gasteiger partial charge in [0.15, 0.2) is 0 Å². The van der Waals surface area contributed by atoms with Gasteiger partial charge in [-0.05, 0) is 53.6 Å². The summed E-state index contributed by atoms with van der Waals surface area (Å²) in [5.41, 5.74) is 0.225. The maximum atomic E-state index is 12.4. The van der Waals surface area contributed by atoms with E-state index < -0.39 is 11.4 Å². The monoisotopic (exact) mass is 389 g/mol. The van der Waals surface area contributed by atoms with Gasteiger partial charge < -0.3 is 15.2 Å². The lowest BCUT2D eigenvalue weighted by Gasteiger charge is -2.39. The lowest BCUT2D eigenvalue weighted by molar-refractivity contribution is -0.134. The second-order valence-corrected chi connectivity index (χ2v) is 6.30. The zero-order valence-electron chi connectivity index (χ0n) is 11.1. The van der Waals surface area contributed by atoms with Crippen LogP contribution in [0, 0.1) is 8.99 Å². The number of carboxylic acids is 1. The molecule has 1 aliphatic rings. The average Bonchev–Trinajstić information content (AvgIpc) is 2.32. The summed E-state index contributed by atoms with van der Waals surface area (Å²) < 4.78 is 5.91. The summed E-state index contributed by atoms with van der Waals surface area (Å²) in [7, 11) is 1.58. The van der Waals surface area contributed by atoms with Crippen molar-refractivity contribution < 1.29 is 19.4 Å². The number of carboxylic acid groups (broad SMARTS) is 1. The number of aromatic carboxylic acids is 1. The average molecular weight is 389 g/mol. The highest BCUT2D eigenvalue weighted by atomic mass is 127. The lowest BCUT2D eigenvalue weighted by Crippen LogP contribution is -2.45. The maximum Gasteiger partial charge on any atom is 0.335 e. The number of amides is 1. The molecule has 1 amide bonds. The molecule has 0 saturated heterocycles. The molecule has 0 aromatic heterocycles. The smallest absolute Gasteiger partial charge is 0.335 e. The van der Waals surface area contributed by atoms with Crippen LogP contribution < -0.4 is 5.32 Å². The minimum atomic E-state index is -1.01. The normalized spacial score (nSPS) is 16.3. The molecule has 6 heteroatoms. The molecule has 0 radical (unpaired) electrons. The fraction of sp³-hybridized carbons (Fsp3) is 0.429. The van der Waals surface area contributed by atoms with E-state index in [-0.39, 0.29) is 11.5 Å². The van der Waals surface area contributed by atoms with Crippen LogP contribution in [0.2, 0.25) is 0 Å². The standard InChI is InChI=1S/C14H16INO4/c1-20-8-14(3-2-4-14)13(19)16-11-6-9(12(17)18)5-10(15)7-11/h5-7H,2-4,8H2,1H3,(H,16,19)(H,17,18). The summed E-state index contributed by atoms with van der Waals surface area (Å²) in [4.78, 5) is 23.4. The van der Waals surface area contributed by atoms with Gasteiger partial charge in [-0.1, -0.05) is 6.42 Å². The van der Waals surface area contributed by atoms with Crippen molar-refractivity contribution in [3.05, 3.63) is 27.3 Å². The van der Waals surface area contributed by atoms with Crippen LogP contribution in [0.4, 0.5) is 5.69 Å². The van der Waals surface area contributed by atoms with Crippen LogP contribution in [0.1, 0.15) is 29.6 Å². The van der Waals surface area contributed by atoms with E-state index in [0.717, 1.165) is 22.8 Å². The number of rotatable bonds is 5. The van der Waals surface area contributed by atoms with Gasteiger partial charge in [0.05, 0.1) is 17.6 Å². The molecule has 0 heterocycles. The third kappa shape index (κ3) is 3.12. The summed E-state index contributed by atoms with van der Waals surface area (Å²) in [5, 5.41) is 11.9. The van der Waals surface area contributed by atoms with Crippen molar-refractivity contribution in [1.82, 2.24) is 0 Å². The van der Waals surface area contributed by atoms with E-state index >= 15 is 0 Å². The van der Waals surface area contributed by atoms with Gasteiger partial charge in [0.2, 0.25) is 5.91 Å². The molecule has 0 bridgehead atoms. The first kappa shape index (κ1) is 15.2. The van der Waals surface area contributed by atoms with Crippen molar-refractivity contribution in [1.29, 1.82) is 0 Å². The van der Waals surface area contributed by atoms with Gasteiger partial charge in [-0.3, -0.25) is 4.79 Å². The molecule has 20 heavy (non-hydrogen) atoms. The van der Waals surface area contributed by atoms with Crippen LogP contribution in [0.5, 0.6) is 0 Å². The van der Waals surface area contributed by atoms with E-state index in [4.69, 9.17) is 9.84 Å². The number of ether oxygens (including phenoxy) is 1. The third-order valence-electron chi connectivity index (χ3n) is 3.62. The molecule has 1 aliphatic carbocycles. The van der Waals surface area contributed by atoms with Crippen LogP contribution in [-0.4, -0.2) is 30.7 Å². The summed E-state index contributed by atoms with van der Waals surface area (Å²) in [6.07, 6.45) is 2.63. The summed E-state index contributed by atoms with van der Waals surface area (Å²) >= 11 is 2.03. The van der Waals surface area contributed by atoms with E-state index in [1.807, 2.05) is 22.6 Å². The number of hydrogen-bond donors (Lipinski definition) is 2. The lowest BCUT2D eigenvalue weighted by atomic mass is 9.68. The molecule has 0 unspecified atom stereocenters. The molecule has 1 aromatic carbocycles. The molecule has 5 nitrogen and oxygen atoms in total. The minimum absolute atomic E-state index is 0.0936. The Balaban J connectivity index is 2.17. The van der Waals surface area contributed by atoms with E-state index in [9.17, 15) is 9.59 Å². The van der Waals surface area contributed by atoms with Crippen molar-refractivity contribution in [2.75, 3.05) is 19.0 Å². The van der Waals surface area contributed by atoms with Gasteiger partial charge in [-0.15, -0.1) is 0 Å². The van der Waals surface area contributed by atoms with Gasteiger partial charge >= 0.3 is 5.97 Å². The molecule has 2 N–H and O–H groups in total. The highest BCUT2D eigenvalue weighted by molar-refractivity contribution is 14.1. The van der Waals surface area contributed by atoms with E-state index in [1.54, 1.807) is 19.2 Å². The van der Waals surface area contributed by atoms with Crippen molar-refractivity contribution in [3.63, 3.8) is 0 Å². The number of carbonyl (C=O) groups excluding carboxylic acids is 1. The molecule has 0 spiro atoms. The number of hydrogen-bond acceptors (Lipinski definition) is 3. The van der Waals surface area contributed by atoms with E-state index in [0.29, 0.717) is 12.3 Å². The number of anilines is 1. The van der Waals surface area contributed by atoms with Crippen LogP contribution in [0.25, 0.3) is 0 Å². The fourth-order valence-electron chi connectivity index (χ4n) is 2.37. The molecule has 108 valence electrons. The Morgan fingerprint density at radius 1 is 1.40 bits per heavy atom. The fourth-order valence-corrected chi connectivity index (χ4v) is 3.04. The molecular weight excluding hydrogens is 373 g/mol. The van der Waals surface area contributed by atoms with E-state index in [1.165, 1.54) is 6.07 Å². The Bertz CT molecular complexity index is 540. The van der Waals surface area contributed by atoms with Crippen molar-refractivity contribution in [3.8, 4) is 0 Å². The SMILES string of the molecule is COCC1(C(=O)Nc2cc(I)cc(C(=O)O)c2)CCC1. The molecule has 1 fully saturated rings. The largest absolute Gasteiger partial charge is 0.478 e. The van der Waals surface area contributed by atoms with Crippen LogP contribution in [0.3, 0.4) is 0 Å². The number of methoxy groups -OCH3 is 1. The summed E-state index contributed by atoms with van der Waals surface area (Å²) in [5.74, 6) is -1.10. The van der Waals surface area contributed by atoms with Gasteiger partial charge in [-0.25, -0.2) is 4.79 Å². The number of carbonyl (C=O) groups is 2. The van der Waals surface area contributed by atoms with Crippen molar-refractivity contribution in [2.24, 2.45) is 5.41 Å². The minimum Gasteiger partial charge on any atom is -0.478 e. The molecule has 0 aliphatic heterocycles. The molecule has 1 saturated carbocycles. The van der Waals surface area contributed by atoms with Crippen molar-refractivity contribution in [2.45, 2.75) is 19.3 Å². The second-order valence-electron chi connectivity index (χ2n) is 5.05. The topological polar surface area (TPSA) is 75.6 Å². The Hall–Kier alpha value is -1.15. The maximum absolute atomic E-state index is 12.4. The first-order chi connectivity index (χ1) is 9.47. The number of nitrogens with one attached hydrogen (secondary N) is 1. The summed E-state index contributed by atoms with van der Waals surface area (Å²) in [6.45, 7) is 0.397. The Labute approximate surface area is 130 Å². The predicted octanol–water partition coefficient (Wildman–Crippen LogP) is 2.74. The second kappa shape index (κ2) is 6.09. The molecular formula is C14H16INO4. The Morgan fingerprint density at radius 2 is 2.10 bits per heavy atom.